The molecular formula is C28H27BrN4O3S. The molecule has 9 heteroatoms. The number of methoxy groups -OCH3 is 1. The van der Waals surface area contributed by atoms with Gasteiger partial charge >= 0.3 is 0 Å². The Balaban J connectivity index is 1.47. The molecule has 1 aliphatic heterocycles. The summed E-state index contributed by atoms with van der Waals surface area (Å²) < 4.78 is 19.0. The van der Waals surface area contributed by atoms with Crippen molar-refractivity contribution in [3.05, 3.63) is 82.3 Å². The van der Waals surface area contributed by atoms with Gasteiger partial charge in [-0.3, -0.25) is 0 Å². The molecule has 7 nitrogen and oxygen atoms in total. The minimum Gasteiger partial charge on any atom is -0.493 e. The number of unbranched alkanes of at least 4 members (excludes halogenated alkanes) is 1. The number of hydrogen-bond donors (Lipinski definition) is 1. The van der Waals surface area contributed by atoms with Gasteiger partial charge in [0.05, 0.1) is 11.6 Å². The lowest BCUT2D eigenvalue weighted by Crippen LogP contribution is -2.17. The number of thioether (sulfide) groups is 1. The van der Waals surface area contributed by atoms with Crippen LogP contribution in [-0.4, -0.2) is 28.0 Å². The molecule has 190 valence electrons. The van der Waals surface area contributed by atoms with Gasteiger partial charge in [-0.05, 0) is 46.1 Å². The number of halogens is 1. The number of rotatable bonds is 9. The molecule has 4 aromatic rings. The van der Waals surface area contributed by atoms with Crippen molar-refractivity contribution in [2.45, 2.75) is 37.8 Å². The Bertz CT molecular complexity index is 1370. The van der Waals surface area contributed by atoms with Crippen LogP contribution < -0.4 is 19.5 Å². The number of benzene rings is 3. The Labute approximate surface area is 229 Å². The van der Waals surface area contributed by atoms with Crippen LogP contribution in [0.4, 0.5) is 5.69 Å². The van der Waals surface area contributed by atoms with Crippen LogP contribution >= 0.6 is 27.7 Å². The fourth-order valence-corrected chi connectivity index (χ4v) is 5.36. The van der Waals surface area contributed by atoms with E-state index in [0.29, 0.717) is 34.8 Å². The summed E-state index contributed by atoms with van der Waals surface area (Å²) in [6.07, 6.45) is 1.66. The van der Waals surface area contributed by atoms with E-state index < -0.39 is 6.23 Å². The summed E-state index contributed by atoms with van der Waals surface area (Å²) in [6.45, 7) is 2.59. The van der Waals surface area contributed by atoms with E-state index >= 15 is 0 Å². The molecule has 37 heavy (non-hydrogen) atoms. The number of ether oxygens (including phenoxy) is 3. The van der Waals surface area contributed by atoms with Gasteiger partial charge in [0.25, 0.3) is 0 Å². The molecule has 0 bridgehead atoms. The molecule has 0 spiro atoms. The Morgan fingerprint density at radius 2 is 1.86 bits per heavy atom. The molecule has 0 aliphatic carbocycles. The maximum Gasteiger partial charge on any atom is 0.247 e. The number of para-hydroxylation sites is 1. The highest BCUT2D eigenvalue weighted by molar-refractivity contribution is 9.10. The summed E-state index contributed by atoms with van der Waals surface area (Å²) in [5.41, 5.74) is 4.30. The summed E-state index contributed by atoms with van der Waals surface area (Å²) in [7, 11) is 1.63. The van der Waals surface area contributed by atoms with Crippen molar-refractivity contribution in [1.82, 2.24) is 15.2 Å². The zero-order valence-electron chi connectivity index (χ0n) is 20.6. The number of anilines is 1. The molecule has 2 heterocycles. The van der Waals surface area contributed by atoms with E-state index in [1.807, 2.05) is 66.7 Å². The van der Waals surface area contributed by atoms with Crippen molar-refractivity contribution in [3.63, 3.8) is 0 Å². The molecule has 1 aromatic heterocycles. The number of aromatic nitrogens is 3. The predicted octanol–water partition coefficient (Wildman–Crippen LogP) is 7.28. The first-order valence-corrected chi connectivity index (χ1v) is 13.9. The second-order valence-electron chi connectivity index (χ2n) is 8.45. The van der Waals surface area contributed by atoms with E-state index in [-0.39, 0.29) is 0 Å². The second kappa shape index (κ2) is 11.8. The maximum atomic E-state index is 6.44. The van der Waals surface area contributed by atoms with Crippen LogP contribution in [0, 0.1) is 0 Å². The highest BCUT2D eigenvalue weighted by Gasteiger charge is 2.27. The lowest BCUT2D eigenvalue weighted by molar-refractivity contribution is 0.223. The van der Waals surface area contributed by atoms with Crippen molar-refractivity contribution < 1.29 is 14.2 Å². The number of fused-ring (bicyclic) bond motifs is 3. The number of nitrogens with one attached hydrogen (secondary N) is 1. The lowest BCUT2D eigenvalue weighted by Gasteiger charge is -2.21. The van der Waals surface area contributed by atoms with E-state index in [0.717, 1.165) is 45.4 Å². The van der Waals surface area contributed by atoms with Crippen molar-refractivity contribution >= 4 is 33.4 Å². The molecular weight excluding hydrogens is 552 g/mol. The minimum atomic E-state index is -0.541. The Hall–Kier alpha value is -3.30. The predicted molar refractivity (Wildman–Crippen MR) is 149 cm³/mol. The van der Waals surface area contributed by atoms with E-state index in [9.17, 15) is 0 Å². The summed E-state index contributed by atoms with van der Waals surface area (Å²) in [6, 6.07) is 21.8. The first-order valence-electron chi connectivity index (χ1n) is 12.1. The quantitative estimate of drug-likeness (QED) is 0.164. The number of nitrogens with zero attached hydrogens (tertiary/aromatic N) is 3. The Morgan fingerprint density at radius 3 is 2.68 bits per heavy atom. The van der Waals surface area contributed by atoms with E-state index in [1.54, 1.807) is 18.9 Å². The normalized spacial score (nSPS) is 14.0. The van der Waals surface area contributed by atoms with Crippen LogP contribution in [-0.2, 0) is 6.61 Å². The van der Waals surface area contributed by atoms with Gasteiger partial charge < -0.3 is 19.5 Å². The summed E-state index contributed by atoms with van der Waals surface area (Å²) in [5, 5.41) is 12.9. The molecule has 1 atom stereocenters. The van der Waals surface area contributed by atoms with Crippen LogP contribution in [0.25, 0.3) is 11.3 Å². The van der Waals surface area contributed by atoms with Crippen molar-refractivity contribution in [1.29, 1.82) is 0 Å². The summed E-state index contributed by atoms with van der Waals surface area (Å²) in [5.74, 6) is 2.60. The fourth-order valence-electron chi connectivity index (χ4n) is 3.93. The van der Waals surface area contributed by atoms with Gasteiger partial charge in [0.1, 0.15) is 6.61 Å². The largest absolute Gasteiger partial charge is 0.493 e. The third-order valence-electron chi connectivity index (χ3n) is 5.84. The monoisotopic (exact) mass is 578 g/mol. The van der Waals surface area contributed by atoms with Gasteiger partial charge in [-0.1, -0.05) is 73.6 Å². The molecule has 1 N–H and O–H groups in total. The fraction of sp³-hybridized carbons (Fsp3) is 0.250. The smallest absolute Gasteiger partial charge is 0.247 e. The van der Waals surface area contributed by atoms with E-state index in [2.05, 4.69) is 38.4 Å². The third-order valence-corrected chi connectivity index (χ3v) is 7.36. The Kier molecular flexibility index (Phi) is 8.11. The molecule has 0 unspecified atom stereocenters. The topological polar surface area (TPSA) is 78.4 Å². The second-order valence-corrected chi connectivity index (χ2v) is 10.4. The van der Waals surface area contributed by atoms with Gasteiger partial charge in [-0.15, -0.1) is 10.2 Å². The highest BCUT2D eigenvalue weighted by Crippen LogP contribution is 2.43. The summed E-state index contributed by atoms with van der Waals surface area (Å²) >= 11 is 5.27. The van der Waals surface area contributed by atoms with Crippen molar-refractivity contribution in [3.8, 4) is 28.6 Å². The molecule has 0 amide bonds. The van der Waals surface area contributed by atoms with Gasteiger partial charge in [-0.2, -0.15) is 4.98 Å². The standard InChI is InChI=1S/C28H27BrN4O3S/c1-3-4-14-37-28-31-27-24(32-33-28)20-12-8-9-13-22(20)30-26(36-27)19-15-21(29)25(23(16-19)34-2)35-17-18-10-6-5-7-11-18/h5-13,15-16,26,30H,3-4,14,17H2,1-2H3/t26-/m0/s1. The lowest BCUT2D eigenvalue weighted by atomic mass is 10.1. The molecule has 0 radical (unpaired) electrons. The van der Waals surface area contributed by atoms with Gasteiger partial charge in [0.15, 0.2) is 23.4 Å². The van der Waals surface area contributed by atoms with Crippen LogP contribution in [0.3, 0.4) is 0 Å². The first kappa shape index (κ1) is 25.4. The molecule has 0 fully saturated rings. The van der Waals surface area contributed by atoms with Crippen LogP contribution in [0.5, 0.6) is 17.4 Å². The van der Waals surface area contributed by atoms with Gasteiger partial charge in [0.2, 0.25) is 11.0 Å². The Morgan fingerprint density at radius 1 is 1.05 bits per heavy atom. The minimum absolute atomic E-state index is 0.426. The average molecular weight is 580 g/mol. The average Bonchev–Trinajstić information content (AvgIpc) is 3.09. The van der Waals surface area contributed by atoms with E-state index in [4.69, 9.17) is 19.2 Å². The zero-order valence-corrected chi connectivity index (χ0v) is 23.0. The third kappa shape index (κ3) is 5.83. The molecule has 1 aliphatic rings. The van der Waals surface area contributed by atoms with Crippen LogP contribution in [0.2, 0.25) is 0 Å². The molecule has 0 saturated carbocycles. The molecule has 3 aromatic carbocycles. The van der Waals surface area contributed by atoms with Gasteiger partial charge in [-0.25, -0.2) is 0 Å². The zero-order chi connectivity index (χ0) is 25.6. The number of hydrogen-bond acceptors (Lipinski definition) is 8. The highest BCUT2D eigenvalue weighted by atomic mass is 79.9. The van der Waals surface area contributed by atoms with Crippen molar-refractivity contribution in [2.24, 2.45) is 0 Å². The van der Waals surface area contributed by atoms with E-state index in [1.165, 1.54) is 0 Å². The summed E-state index contributed by atoms with van der Waals surface area (Å²) in [4.78, 5) is 4.72. The SMILES string of the molecule is CCCCSc1nnc2c(n1)O[C@@H](c1cc(Br)c(OCc3ccccc3)c(OC)c1)Nc1ccccc1-2. The molecule has 5 rings (SSSR count). The first-order chi connectivity index (χ1) is 18.2. The van der Waals surface area contributed by atoms with Gasteiger partial charge in [0, 0.05) is 22.6 Å². The molecule has 0 saturated heterocycles. The van der Waals surface area contributed by atoms with Crippen LogP contribution in [0.1, 0.15) is 37.1 Å². The maximum absolute atomic E-state index is 6.44. The van der Waals surface area contributed by atoms with Crippen molar-refractivity contribution in [2.75, 3.05) is 18.2 Å². The van der Waals surface area contributed by atoms with Crippen LogP contribution in [0.15, 0.2) is 76.4 Å².